The Kier molecular flexibility index (Phi) is 8.06. The van der Waals surface area contributed by atoms with E-state index in [-0.39, 0.29) is 17.7 Å². The van der Waals surface area contributed by atoms with Gasteiger partial charge in [0, 0.05) is 59.7 Å². The molecule has 0 aliphatic rings. The van der Waals surface area contributed by atoms with Crippen molar-refractivity contribution in [3.05, 3.63) is 74.7 Å². The molecule has 2 aromatic heterocycles. The van der Waals surface area contributed by atoms with Crippen molar-refractivity contribution in [3.63, 3.8) is 0 Å². The zero-order valence-corrected chi connectivity index (χ0v) is 19.7. The van der Waals surface area contributed by atoms with Gasteiger partial charge in [-0.2, -0.15) is 0 Å². The quantitative estimate of drug-likeness (QED) is 0.0818. The topological polar surface area (TPSA) is 143 Å². The monoisotopic (exact) mass is 483 g/mol. The molecular weight excluding hydrogens is 458 g/mol. The van der Waals surface area contributed by atoms with E-state index in [4.69, 9.17) is 9.95 Å². The van der Waals surface area contributed by atoms with Crippen LogP contribution in [-0.4, -0.2) is 32.6 Å². The molecule has 0 radical (unpaired) electrons. The second kappa shape index (κ2) is 11.0. The molecule has 34 heavy (non-hydrogen) atoms. The van der Waals surface area contributed by atoms with Gasteiger partial charge in [0.25, 0.3) is 0 Å². The van der Waals surface area contributed by atoms with Crippen molar-refractivity contribution in [1.82, 2.24) is 0 Å². The Hall–Kier alpha value is -3.66. The normalized spacial score (nSPS) is 11.6. The van der Waals surface area contributed by atoms with Crippen LogP contribution in [-0.2, 0) is 16.7 Å². The van der Waals surface area contributed by atoms with Gasteiger partial charge in [0.15, 0.2) is 12.4 Å². The minimum Gasteiger partial charge on any atom is -0.744 e. The Morgan fingerprint density at radius 1 is 1.18 bits per heavy atom. The first-order chi connectivity index (χ1) is 16.3. The van der Waals surface area contributed by atoms with E-state index in [2.05, 4.69) is 14.9 Å². The highest BCUT2D eigenvalue weighted by molar-refractivity contribution is 7.85. The van der Waals surface area contributed by atoms with Gasteiger partial charge in [-0.25, -0.2) is 17.8 Å². The number of anilines is 1. The molecule has 0 fully saturated rings. The van der Waals surface area contributed by atoms with E-state index in [1.54, 1.807) is 12.3 Å². The van der Waals surface area contributed by atoms with Crippen LogP contribution in [0.4, 0.5) is 5.69 Å². The van der Waals surface area contributed by atoms with Crippen LogP contribution < -0.4 is 15.1 Å². The highest BCUT2D eigenvalue weighted by Gasteiger charge is 2.14. The molecule has 0 atom stereocenters. The summed E-state index contributed by atoms with van der Waals surface area (Å²) in [5, 5.41) is 4.15. The van der Waals surface area contributed by atoms with Gasteiger partial charge in [-0.3, -0.25) is 0 Å². The predicted octanol–water partition coefficient (Wildman–Crippen LogP) is 3.70. The smallest absolute Gasteiger partial charge is 0.343 e. The fourth-order valence-corrected chi connectivity index (χ4v) is 4.27. The lowest BCUT2D eigenvalue weighted by atomic mass is 10.1. The van der Waals surface area contributed by atoms with Gasteiger partial charge >= 0.3 is 5.63 Å². The van der Waals surface area contributed by atoms with Crippen molar-refractivity contribution in [2.24, 2.45) is 5.11 Å². The third kappa shape index (κ3) is 6.02. The molecule has 3 rings (SSSR count). The Bertz CT molecular complexity index is 1420. The molecule has 0 spiro atoms. The second-order valence-electron chi connectivity index (χ2n) is 7.48. The van der Waals surface area contributed by atoms with Gasteiger partial charge in [0.1, 0.15) is 27.1 Å². The minimum atomic E-state index is -4.77. The molecule has 0 aliphatic carbocycles. The van der Waals surface area contributed by atoms with Gasteiger partial charge in [0.05, 0.1) is 5.56 Å². The summed E-state index contributed by atoms with van der Waals surface area (Å²) in [6, 6.07) is 8.76. The summed E-state index contributed by atoms with van der Waals surface area (Å²) in [6.45, 7) is 6.35. The molecule has 3 aromatic rings. The van der Waals surface area contributed by atoms with Crippen molar-refractivity contribution < 1.29 is 22.0 Å². The second-order valence-corrected chi connectivity index (χ2v) is 8.83. The molecule has 0 amide bonds. The average molecular weight is 484 g/mol. The Balaban J connectivity index is 1.93. The molecule has 10 nitrogen and oxygen atoms in total. The number of pyridine rings is 1. The number of nitrogens with zero attached hydrogens (tertiary/aromatic N) is 5. The molecule has 2 heterocycles. The van der Waals surface area contributed by atoms with Crippen LogP contribution in [0, 0.1) is 0 Å². The lowest BCUT2D eigenvalue weighted by Crippen LogP contribution is -2.34. The fourth-order valence-electron chi connectivity index (χ4n) is 3.58. The van der Waals surface area contributed by atoms with Crippen molar-refractivity contribution in [1.29, 1.82) is 0 Å². The minimum absolute atomic E-state index is 0.151. The van der Waals surface area contributed by atoms with E-state index in [0.29, 0.717) is 18.5 Å². The van der Waals surface area contributed by atoms with Gasteiger partial charge < -0.3 is 13.9 Å². The summed E-state index contributed by atoms with van der Waals surface area (Å²) in [5.41, 5.74) is 9.54. The summed E-state index contributed by atoms with van der Waals surface area (Å²) >= 11 is 0. The van der Waals surface area contributed by atoms with Gasteiger partial charge in [-0.1, -0.05) is 11.2 Å². The molecule has 0 saturated carbocycles. The van der Waals surface area contributed by atoms with Gasteiger partial charge in [0.2, 0.25) is 0 Å². The Morgan fingerprint density at radius 2 is 1.91 bits per heavy atom. The maximum Gasteiger partial charge on any atom is 0.343 e. The summed E-state index contributed by atoms with van der Waals surface area (Å²) in [7, 11) is -4.77. The number of hydrogen-bond donors (Lipinski definition) is 0. The highest BCUT2D eigenvalue weighted by Crippen LogP contribution is 2.23. The molecule has 1 aromatic carbocycles. The molecule has 178 valence electrons. The zero-order chi connectivity index (χ0) is 24.7. The first-order valence-corrected chi connectivity index (χ1v) is 12.2. The summed E-state index contributed by atoms with van der Waals surface area (Å²) in [4.78, 5) is 16.9. The summed E-state index contributed by atoms with van der Waals surface area (Å²) in [5.74, 6) is 0. The third-order valence-corrected chi connectivity index (χ3v) is 6.22. The third-order valence-electron chi connectivity index (χ3n) is 5.34. The maximum absolute atomic E-state index is 12.5. The van der Waals surface area contributed by atoms with E-state index < -0.39 is 20.6 Å². The number of rotatable bonds is 10. The molecule has 0 aliphatic heterocycles. The van der Waals surface area contributed by atoms with Crippen molar-refractivity contribution in [2.45, 2.75) is 31.7 Å². The molecular formula is C23H25N5O5S. The van der Waals surface area contributed by atoms with Crippen molar-refractivity contribution in [2.75, 3.05) is 24.5 Å². The van der Waals surface area contributed by atoms with Crippen LogP contribution >= 0.6 is 0 Å². The van der Waals surface area contributed by atoms with Crippen LogP contribution in [0.5, 0.6) is 0 Å². The first-order valence-electron chi connectivity index (χ1n) is 10.8. The number of aryl methyl sites for hydroxylation is 1. The fraction of sp³-hybridized carbons (Fsp3) is 0.304. The molecule has 0 bridgehead atoms. The van der Waals surface area contributed by atoms with Crippen LogP contribution in [0.15, 0.2) is 61.9 Å². The SMILES string of the molecule is CCN(CC)c1ccc2cc(/C=C/c3cc[n+](CCCN=[N+]=[N-])cc3S(=O)(=O)[O-])c(=O)oc2c1. The largest absolute Gasteiger partial charge is 0.744 e. The molecule has 0 saturated heterocycles. The van der Waals surface area contributed by atoms with Gasteiger partial charge in [-0.05, 0) is 43.7 Å². The van der Waals surface area contributed by atoms with E-state index in [9.17, 15) is 17.8 Å². The lowest BCUT2D eigenvalue weighted by Gasteiger charge is -2.20. The molecule has 0 unspecified atom stereocenters. The van der Waals surface area contributed by atoms with Crippen LogP contribution in [0.2, 0.25) is 0 Å². The average Bonchev–Trinajstić information content (AvgIpc) is 2.81. The van der Waals surface area contributed by atoms with E-state index in [0.717, 1.165) is 24.2 Å². The Labute approximate surface area is 197 Å². The van der Waals surface area contributed by atoms with E-state index in [1.807, 2.05) is 32.0 Å². The van der Waals surface area contributed by atoms with Crippen molar-refractivity contribution >= 4 is 38.9 Å². The summed E-state index contributed by atoms with van der Waals surface area (Å²) < 4.78 is 42.5. The maximum atomic E-state index is 12.5. The number of fused-ring (bicyclic) bond motifs is 1. The standard InChI is InChI=1S/C23H25N5O5S/c1-3-28(4-2)20-9-8-18-14-19(23(29)33-21(18)15-20)7-6-17-10-13-27(12-5-11-25-26-24)16-22(17)34(30,31)32/h6-10,13-16H,3-5,11-12H2,1-2H3. The van der Waals surface area contributed by atoms with E-state index in [1.165, 1.54) is 29.0 Å². The highest BCUT2D eigenvalue weighted by atomic mass is 32.2. The Morgan fingerprint density at radius 3 is 2.59 bits per heavy atom. The van der Waals surface area contributed by atoms with Gasteiger partial charge in [-0.15, -0.1) is 0 Å². The van der Waals surface area contributed by atoms with Crippen LogP contribution in [0.25, 0.3) is 33.6 Å². The lowest BCUT2D eigenvalue weighted by molar-refractivity contribution is -0.698. The van der Waals surface area contributed by atoms with Crippen molar-refractivity contribution in [3.8, 4) is 0 Å². The van der Waals surface area contributed by atoms with Crippen LogP contribution in [0.3, 0.4) is 0 Å². The van der Waals surface area contributed by atoms with Crippen LogP contribution in [0.1, 0.15) is 31.4 Å². The van der Waals surface area contributed by atoms with E-state index >= 15 is 0 Å². The number of hydrogen-bond acceptors (Lipinski definition) is 7. The first kappa shape index (κ1) is 25.0. The number of aromatic nitrogens is 1. The number of benzene rings is 1. The zero-order valence-electron chi connectivity index (χ0n) is 18.9. The summed E-state index contributed by atoms with van der Waals surface area (Å²) in [6.07, 6.45) is 6.16. The molecule has 11 heteroatoms. The molecule has 0 N–H and O–H groups in total. The number of azide groups is 1. The predicted molar refractivity (Wildman–Crippen MR) is 128 cm³/mol.